The molecule has 0 saturated carbocycles. The summed E-state index contributed by atoms with van der Waals surface area (Å²) in [6.45, 7) is 2.42. The molecule has 1 saturated heterocycles. The molecule has 0 bridgehead atoms. The van der Waals surface area contributed by atoms with Crippen LogP contribution in [-0.2, 0) is 14.6 Å². The third-order valence-electron chi connectivity index (χ3n) is 3.96. The van der Waals surface area contributed by atoms with Gasteiger partial charge in [-0.25, -0.2) is 8.42 Å². The van der Waals surface area contributed by atoms with E-state index in [0.717, 1.165) is 19.3 Å². The van der Waals surface area contributed by atoms with E-state index in [1.54, 1.807) is 4.90 Å². The molecule has 1 fully saturated rings. The molecule has 1 aromatic rings. The Hall–Kier alpha value is -1.11. The van der Waals surface area contributed by atoms with Gasteiger partial charge in [0.05, 0.1) is 4.90 Å². The van der Waals surface area contributed by atoms with Crippen molar-refractivity contribution in [3.8, 4) is 0 Å². The molecule has 0 aliphatic carbocycles. The van der Waals surface area contributed by atoms with Crippen LogP contribution in [0, 0.1) is 0 Å². The van der Waals surface area contributed by atoms with Gasteiger partial charge in [-0.05, 0) is 50.5 Å². The molecule has 2 rings (SSSR count). The average Bonchev–Trinajstić information content (AvgIpc) is 2.47. The molecule has 0 spiro atoms. The lowest BCUT2D eigenvalue weighted by Crippen LogP contribution is -2.53. The first-order chi connectivity index (χ1) is 10.3. The van der Waals surface area contributed by atoms with Crippen molar-refractivity contribution in [2.45, 2.75) is 43.2 Å². The Bertz CT molecular complexity index is 629. The second-order valence-electron chi connectivity index (χ2n) is 5.72. The Morgan fingerprint density at radius 2 is 2.00 bits per heavy atom. The molecule has 5 nitrogen and oxygen atoms in total. The molecule has 0 radical (unpaired) electrons. The second kappa shape index (κ2) is 6.98. The lowest BCUT2D eigenvalue weighted by atomic mass is 9.97. The molecular formula is C15H21ClN2O3S. The van der Waals surface area contributed by atoms with Crippen molar-refractivity contribution < 1.29 is 13.2 Å². The van der Waals surface area contributed by atoms with Crippen LogP contribution in [0.15, 0.2) is 29.2 Å². The monoisotopic (exact) mass is 344 g/mol. The fraction of sp³-hybridized carbons (Fsp3) is 0.533. The summed E-state index contributed by atoms with van der Waals surface area (Å²) in [6.07, 6.45) is 2.72. The smallest absolute Gasteiger partial charge is 0.238 e. The van der Waals surface area contributed by atoms with Gasteiger partial charge in [0, 0.05) is 23.7 Å². The van der Waals surface area contributed by atoms with Crippen LogP contribution in [0.3, 0.4) is 0 Å². The summed E-state index contributed by atoms with van der Waals surface area (Å²) in [4.78, 5) is 14.2. The number of nitrogens with two attached hydrogens (primary N) is 1. The zero-order valence-electron chi connectivity index (χ0n) is 12.5. The number of sulfone groups is 1. The maximum Gasteiger partial charge on any atom is 0.238 e. The summed E-state index contributed by atoms with van der Waals surface area (Å²) in [5.74, 6) is -0.908. The predicted octanol–water partition coefficient (Wildman–Crippen LogP) is 1.84. The van der Waals surface area contributed by atoms with E-state index in [2.05, 4.69) is 0 Å². The van der Waals surface area contributed by atoms with Gasteiger partial charge in [0.25, 0.3) is 0 Å². The Kier molecular flexibility index (Phi) is 5.47. The van der Waals surface area contributed by atoms with Gasteiger partial charge < -0.3 is 10.6 Å². The van der Waals surface area contributed by atoms with Crippen LogP contribution in [0.5, 0.6) is 0 Å². The fourth-order valence-corrected chi connectivity index (χ4v) is 4.12. The summed E-state index contributed by atoms with van der Waals surface area (Å²) in [6, 6.07) is 5.60. The summed E-state index contributed by atoms with van der Waals surface area (Å²) < 4.78 is 24.7. The number of nitrogens with zero attached hydrogens (tertiary/aromatic N) is 1. The molecule has 0 aromatic heterocycles. The molecule has 2 unspecified atom stereocenters. The zero-order chi connectivity index (χ0) is 16.3. The van der Waals surface area contributed by atoms with Gasteiger partial charge in [0.2, 0.25) is 5.91 Å². The van der Waals surface area contributed by atoms with E-state index in [-0.39, 0.29) is 22.9 Å². The normalized spacial score (nSPS) is 20.7. The Morgan fingerprint density at radius 3 is 2.59 bits per heavy atom. The lowest BCUT2D eigenvalue weighted by Gasteiger charge is -2.38. The maximum absolute atomic E-state index is 12.4. The number of carbonyl (C=O) groups is 1. The van der Waals surface area contributed by atoms with Crippen LogP contribution in [-0.4, -0.2) is 43.6 Å². The standard InChI is InChI=1S/C15H21ClN2O3S/c1-11(17)14-4-2-3-9-18(14)15(19)10-22(20,21)13-7-5-12(16)6-8-13/h5-8,11,14H,2-4,9-10,17H2,1H3. The molecule has 1 aromatic carbocycles. The highest BCUT2D eigenvalue weighted by molar-refractivity contribution is 7.92. The van der Waals surface area contributed by atoms with Gasteiger partial charge >= 0.3 is 0 Å². The molecule has 1 aliphatic heterocycles. The number of piperidine rings is 1. The van der Waals surface area contributed by atoms with E-state index < -0.39 is 15.6 Å². The van der Waals surface area contributed by atoms with Crippen LogP contribution in [0.25, 0.3) is 0 Å². The first-order valence-electron chi connectivity index (χ1n) is 7.34. The third-order valence-corrected chi connectivity index (χ3v) is 5.83. The van der Waals surface area contributed by atoms with Gasteiger partial charge in [-0.1, -0.05) is 11.6 Å². The topological polar surface area (TPSA) is 80.5 Å². The largest absolute Gasteiger partial charge is 0.337 e. The minimum atomic E-state index is -3.67. The maximum atomic E-state index is 12.4. The lowest BCUT2D eigenvalue weighted by molar-refractivity contribution is -0.132. The van der Waals surface area contributed by atoms with Crippen LogP contribution in [0.2, 0.25) is 5.02 Å². The Balaban J connectivity index is 2.14. The van der Waals surface area contributed by atoms with Gasteiger partial charge in [-0.2, -0.15) is 0 Å². The minimum Gasteiger partial charge on any atom is -0.337 e. The zero-order valence-corrected chi connectivity index (χ0v) is 14.1. The quantitative estimate of drug-likeness (QED) is 0.903. The summed E-state index contributed by atoms with van der Waals surface area (Å²) in [5.41, 5.74) is 5.93. The van der Waals surface area contributed by atoms with Gasteiger partial charge in [0.1, 0.15) is 5.75 Å². The van der Waals surface area contributed by atoms with Crippen molar-refractivity contribution in [1.29, 1.82) is 0 Å². The fourth-order valence-electron chi connectivity index (χ4n) is 2.78. The van der Waals surface area contributed by atoms with Crippen LogP contribution in [0.4, 0.5) is 0 Å². The number of carbonyl (C=O) groups excluding carboxylic acids is 1. The van der Waals surface area contributed by atoms with Gasteiger partial charge in [-0.3, -0.25) is 4.79 Å². The molecule has 22 heavy (non-hydrogen) atoms. The van der Waals surface area contributed by atoms with E-state index in [0.29, 0.717) is 11.6 Å². The highest BCUT2D eigenvalue weighted by atomic mass is 35.5. The van der Waals surface area contributed by atoms with Crippen molar-refractivity contribution in [3.05, 3.63) is 29.3 Å². The minimum absolute atomic E-state index is 0.0818. The number of likely N-dealkylation sites (tertiary alicyclic amines) is 1. The summed E-state index contributed by atoms with van der Waals surface area (Å²) >= 11 is 5.76. The first kappa shape index (κ1) is 17.2. The molecule has 1 aliphatic rings. The second-order valence-corrected chi connectivity index (χ2v) is 8.15. The highest BCUT2D eigenvalue weighted by Crippen LogP contribution is 2.21. The Labute approximate surface area is 136 Å². The van der Waals surface area contributed by atoms with Crippen LogP contribution in [0.1, 0.15) is 26.2 Å². The first-order valence-corrected chi connectivity index (χ1v) is 9.37. The summed E-state index contributed by atoms with van der Waals surface area (Å²) in [5, 5.41) is 0.457. The molecule has 1 heterocycles. The number of hydrogen-bond donors (Lipinski definition) is 1. The number of rotatable bonds is 4. The van der Waals surface area contributed by atoms with Crippen molar-refractivity contribution in [2.75, 3.05) is 12.3 Å². The molecule has 7 heteroatoms. The van der Waals surface area contributed by atoms with Gasteiger partial charge in [0.15, 0.2) is 9.84 Å². The predicted molar refractivity (Wildman–Crippen MR) is 86.5 cm³/mol. The SMILES string of the molecule is CC(N)C1CCCCN1C(=O)CS(=O)(=O)c1ccc(Cl)cc1. The number of benzene rings is 1. The van der Waals surface area contributed by atoms with E-state index in [1.165, 1.54) is 24.3 Å². The van der Waals surface area contributed by atoms with Crippen molar-refractivity contribution >= 4 is 27.3 Å². The van der Waals surface area contributed by atoms with E-state index in [1.807, 2.05) is 6.92 Å². The van der Waals surface area contributed by atoms with Crippen molar-refractivity contribution in [2.24, 2.45) is 5.73 Å². The van der Waals surface area contributed by atoms with Gasteiger partial charge in [-0.15, -0.1) is 0 Å². The average molecular weight is 345 g/mol. The van der Waals surface area contributed by atoms with E-state index in [4.69, 9.17) is 17.3 Å². The molecular weight excluding hydrogens is 324 g/mol. The van der Waals surface area contributed by atoms with Crippen LogP contribution >= 0.6 is 11.6 Å². The third kappa shape index (κ3) is 4.00. The molecule has 122 valence electrons. The Morgan fingerprint density at radius 1 is 1.36 bits per heavy atom. The van der Waals surface area contributed by atoms with E-state index >= 15 is 0 Å². The molecule has 2 atom stereocenters. The van der Waals surface area contributed by atoms with Crippen molar-refractivity contribution in [3.63, 3.8) is 0 Å². The van der Waals surface area contributed by atoms with E-state index in [9.17, 15) is 13.2 Å². The number of amides is 1. The number of hydrogen-bond acceptors (Lipinski definition) is 4. The summed E-state index contributed by atoms with van der Waals surface area (Å²) in [7, 11) is -3.67. The molecule has 1 amide bonds. The van der Waals surface area contributed by atoms with Crippen molar-refractivity contribution in [1.82, 2.24) is 4.90 Å². The molecule has 2 N–H and O–H groups in total. The highest BCUT2D eigenvalue weighted by Gasteiger charge is 2.32. The van der Waals surface area contributed by atoms with Crippen LogP contribution < -0.4 is 5.73 Å². The number of halogens is 1.